The van der Waals surface area contributed by atoms with Crippen molar-refractivity contribution in [2.75, 3.05) is 7.11 Å². The molecular formula is C21H31N3O6. The highest BCUT2D eigenvalue weighted by Crippen LogP contribution is 2.52. The van der Waals surface area contributed by atoms with E-state index in [0.29, 0.717) is 5.56 Å². The molecule has 0 spiro atoms. The summed E-state index contributed by atoms with van der Waals surface area (Å²) >= 11 is 0. The van der Waals surface area contributed by atoms with Crippen LogP contribution in [0.15, 0.2) is 12.4 Å². The zero-order valence-electron chi connectivity index (χ0n) is 18.8. The van der Waals surface area contributed by atoms with E-state index < -0.39 is 40.5 Å². The Bertz CT molecular complexity index is 825. The smallest absolute Gasteiger partial charge is 0.326 e. The first-order chi connectivity index (χ1) is 13.6. The highest BCUT2D eigenvalue weighted by molar-refractivity contribution is 5.91. The van der Waals surface area contributed by atoms with Crippen LogP contribution < -0.4 is 4.74 Å². The lowest BCUT2D eigenvalue weighted by Gasteiger charge is -2.38. The van der Waals surface area contributed by atoms with Crippen LogP contribution in [0.1, 0.15) is 66.5 Å². The van der Waals surface area contributed by atoms with E-state index in [1.165, 1.54) is 24.4 Å². The summed E-state index contributed by atoms with van der Waals surface area (Å²) in [5.74, 6) is -2.14. The first-order valence-electron chi connectivity index (χ1n) is 9.77. The maximum absolute atomic E-state index is 13.3. The first-order valence-corrected chi connectivity index (χ1v) is 9.77. The normalized spacial score (nSPS) is 24.5. The van der Waals surface area contributed by atoms with Gasteiger partial charge in [-0.1, -0.05) is 20.8 Å². The summed E-state index contributed by atoms with van der Waals surface area (Å²) in [6.45, 7) is 12.0. The number of methoxy groups -OCH3 is 1. The van der Waals surface area contributed by atoms with E-state index in [0.717, 1.165) is 0 Å². The van der Waals surface area contributed by atoms with Gasteiger partial charge in [0.25, 0.3) is 0 Å². The quantitative estimate of drug-likeness (QED) is 0.737. The van der Waals surface area contributed by atoms with Crippen molar-refractivity contribution in [3.05, 3.63) is 18.0 Å². The third-order valence-corrected chi connectivity index (χ3v) is 5.01. The molecule has 1 aromatic heterocycles. The summed E-state index contributed by atoms with van der Waals surface area (Å²) in [7, 11) is 1.42. The lowest BCUT2D eigenvalue weighted by molar-refractivity contribution is -0.169. The number of rotatable bonds is 4. The topological polar surface area (TPSA) is 119 Å². The van der Waals surface area contributed by atoms with Gasteiger partial charge in [-0.05, 0) is 34.1 Å². The third-order valence-electron chi connectivity index (χ3n) is 5.01. The number of nitrogens with zero attached hydrogens (tertiary/aromatic N) is 3. The summed E-state index contributed by atoms with van der Waals surface area (Å²) in [5.41, 5.74) is -2.51. The number of ether oxygens (including phenoxy) is 2. The fraction of sp³-hybridized carbons (Fsp3) is 0.667. The van der Waals surface area contributed by atoms with Crippen LogP contribution in [-0.2, 0) is 19.1 Å². The van der Waals surface area contributed by atoms with Crippen LogP contribution in [0.2, 0.25) is 0 Å². The maximum atomic E-state index is 13.3. The number of carbonyl (C=O) groups excluding carboxylic acids is 2. The Hall–Kier alpha value is -2.71. The molecule has 2 rings (SSSR count). The van der Waals surface area contributed by atoms with Crippen molar-refractivity contribution in [1.82, 2.24) is 14.9 Å². The highest BCUT2D eigenvalue weighted by Gasteiger charge is 2.60. The standard InChI is InChI=1S/C21H31N3O6/c1-19(2,3)16(27)24-13(15(25)26)9-21(7,17(28)30-20(4,5)6)14(24)12-10-22-18(29-8)23-11-12/h10-11,13-14H,9H2,1-8H3,(H,25,26)/t13-,14-,21-/m1/s1. The fourth-order valence-electron chi connectivity index (χ4n) is 3.64. The summed E-state index contributed by atoms with van der Waals surface area (Å²) in [4.78, 5) is 48.2. The Balaban J connectivity index is 2.68. The lowest BCUT2D eigenvalue weighted by Crippen LogP contribution is -2.48. The second kappa shape index (κ2) is 7.85. The van der Waals surface area contributed by atoms with Gasteiger partial charge in [0.2, 0.25) is 5.91 Å². The molecule has 0 radical (unpaired) electrons. The molecule has 1 aliphatic heterocycles. The van der Waals surface area contributed by atoms with Crippen molar-refractivity contribution in [2.45, 2.75) is 72.6 Å². The van der Waals surface area contributed by atoms with Gasteiger partial charge in [-0.3, -0.25) is 9.59 Å². The van der Waals surface area contributed by atoms with E-state index in [4.69, 9.17) is 9.47 Å². The number of amides is 1. The SMILES string of the molecule is COc1ncc([C@H]2N(C(=O)C(C)(C)C)[C@@H](C(=O)O)C[C@@]2(C)C(=O)OC(C)(C)C)cn1. The van der Waals surface area contributed by atoms with Gasteiger partial charge in [-0.15, -0.1) is 0 Å². The minimum atomic E-state index is -1.31. The number of carbonyl (C=O) groups is 3. The van der Waals surface area contributed by atoms with Gasteiger partial charge in [0.15, 0.2) is 0 Å². The molecular weight excluding hydrogens is 390 g/mol. The number of carboxylic acid groups (broad SMARTS) is 1. The second-order valence-corrected chi connectivity index (χ2v) is 9.85. The largest absolute Gasteiger partial charge is 0.480 e. The van der Waals surface area contributed by atoms with E-state index >= 15 is 0 Å². The average molecular weight is 421 g/mol. The molecule has 0 bridgehead atoms. The number of likely N-dealkylation sites (tertiary alicyclic amines) is 1. The van der Waals surface area contributed by atoms with Crippen molar-refractivity contribution in [3.63, 3.8) is 0 Å². The Labute approximate surface area is 176 Å². The zero-order valence-corrected chi connectivity index (χ0v) is 18.8. The van der Waals surface area contributed by atoms with E-state index in [9.17, 15) is 19.5 Å². The Morgan fingerprint density at radius 1 is 1.13 bits per heavy atom. The molecule has 9 heteroatoms. The van der Waals surface area contributed by atoms with Crippen LogP contribution in [0.4, 0.5) is 0 Å². The van der Waals surface area contributed by atoms with Gasteiger partial charge in [0.1, 0.15) is 11.6 Å². The van der Waals surface area contributed by atoms with Gasteiger partial charge >= 0.3 is 17.9 Å². The van der Waals surface area contributed by atoms with Gasteiger partial charge in [-0.2, -0.15) is 0 Å². The molecule has 9 nitrogen and oxygen atoms in total. The van der Waals surface area contributed by atoms with Crippen LogP contribution in [0.5, 0.6) is 6.01 Å². The van der Waals surface area contributed by atoms with Crippen LogP contribution in [0.25, 0.3) is 0 Å². The average Bonchev–Trinajstić information content (AvgIpc) is 2.93. The summed E-state index contributed by atoms with van der Waals surface area (Å²) in [6, 6.07) is -1.98. The minimum Gasteiger partial charge on any atom is -0.480 e. The molecule has 1 aromatic rings. The van der Waals surface area contributed by atoms with Gasteiger partial charge in [0, 0.05) is 23.4 Å². The van der Waals surface area contributed by atoms with Crippen LogP contribution in [-0.4, -0.2) is 56.6 Å². The summed E-state index contributed by atoms with van der Waals surface area (Å²) in [5, 5.41) is 9.89. The van der Waals surface area contributed by atoms with Crippen molar-refractivity contribution in [3.8, 4) is 6.01 Å². The molecule has 1 amide bonds. The molecule has 1 N–H and O–H groups in total. The highest BCUT2D eigenvalue weighted by atomic mass is 16.6. The molecule has 0 unspecified atom stereocenters. The van der Waals surface area contributed by atoms with Crippen molar-refractivity contribution in [2.24, 2.45) is 10.8 Å². The molecule has 166 valence electrons. The van der Waals surface area contributed by atoms with Crippen LogP contribution >= 0.6 is 0 Å². The maximum Gasteiger partial charge on any atom is 0.326 e. The molecule has 3 atom stereocenters. The monoisotopic (exact) mass is 421 g/mol. The van der Waals surface area contributed by atoms with E-state index in [1.807, 2.05) is 0 Å². The lowest BCUT2D eigenvalue weighted by atomic mass is 9.78. The molecule has 30 heavy (non-hydrogen) atoms. The summed E-state index contributed by atoms with van der Waals surface area (Å²) < 4.78 is 10.6. The Morgan fingerprint density at radius 2 is 1.67 bits per heavy atom. The van der Waals surface area contributed by atoms with E-state index in [1.54, 1.807) is 48.5 Å². The number of esters is 1. The number of hydrogen-bond acceptors (Lipinski definition) is 7. The first kappa shape index (κ1) is 23.6. The van der Waals surface area contributed by atoms with E-state index in [2.05, 4.69) is 9.97 Å². The minimum absolute atomic E-state index is 0.0875. The number of aliphatic carboxylic acids is 1. The van der Waals surface area contributed by atoms with Gasteiger partial charge < -0.3 is 19.5 Å². The van der Waals surface area contributed by atoms with Crippen molar-refractivity contribution in [1.29, 1.82) is 0 Å². The molecule has 2 heterocycles. The molecule has 1 saturated heterocycles. The van der Waals surface area contributed by atoms with E-state index in [-0.39, 0.29) is 18.3 Å². The zero-order chi connectivity index (χ0) is 23.1. The van der Waals surface area contributed by atoms with Crippen LogP contribution in [0, 0.1) is 10.8 Å². The molecule has 1 aliphatic rings. The predicted octanol–water partition coefficient (Wildman–Crippen LogP) is 2.61. The second-order valence-electron chi connectivity index (χ2n) is 9.85. The fourth-order valence-corrected chi connectivity index (χ4v) is 3.64. The third kappa shape index (κ3) is 4.55. The Kier molecular flexibility index (Phi) is 6.16. The number of carboxylic acids is 1. The molecule has 0 saturated carbocycles. The predicted molar refractivity (Wildman–Crippen MR) is 108 cm³/mol. The molecule has 0 aliphatic carbocycles. The van der Waals surface area contributed by atoms with Crippen molar-refractivity contribution >= 4 is 17.8 Å². The number of hydrogen-bond donors (Lipinski definition) is 1. The van der Waals surface area contributed by atoms with Crippen molar-refractivity contribution < 1.29 is 29.0 Å². The van der Waals surface area contributed by atoms with Crippen LogP contribution in [0.3, 0.4) is 0 Å². The Morgan fingerprint density at radius 3 is 2.07 bits per heavy atom. The molecule has 0 aromatic carbocycles. The molecule has 1 fully saturated rings. The number of aromatic nitrogens is 2. The van der Waals surface area contributed by atoms with Gasteiger partial charge in [0.05, 0.1) is 18.6 Å². The summed E-state index contributed by atoms with van der Waals surface area (Å²) in [6.07, 6.45) is 2.81. The van der Waals surface area contributed by atoms with Gasteiger partial charge in [-0.25, -0.2) is 14.8 Å².